The summed E-state index contributed by atoms with van der Waals surface area (Å²) < 4.78 is 19.0. The predicted molar refractivity (Wildman–Crippen MR) is 83.9 cm³/mol. The second-order valence-electron chi connectivity index (χ2n) is 5.28. The number of amides is 2. The SMILES string of the molecule is CC1Oc2ccc(NC(=O)Cc3ccccc3F)cc2NC1=O. The molecule has 0 aliphatic carbocycles. The summed E-state index contributed by atoms with van der Waals surface area (Å²) in [5, 5.41) is 5.39. The van der Waals surface area contributed by atoms with Gasteiger partial charge in [-0.1, -0.05) is 18.2 Å². The lowest BCUT2D eigenvalue weighted by molar-refractivity contribution is -0.122. The zero-order valence-electron chi connectivity index (χ0n) is 12.4. The average molecular weight is 314 g/mol. The molecule has 1 aliphatic rings. The minimum absolute atomic E-state index is 0.0658. The van der Waals surface area contributed by atoms with Gasteiger partial charge in [-0.2, -0.15) is 0 Å². The molecule has 0 saturated heterocycles. The number of nitrogens with one attached hydrogen (secondary N) is 2. The molecule has 2 aromatic rings. The van der Waals surface area contributed by atoms with Crippen LogP contribution in [0.2, 0.25) is 0 Å². The minimum atomic E-state index is -0.552. The monoisotopic (exact) mass is 314 g/mol. The smallest absolute Gasteiger partial charge is 0.265 e. The van der Waals surface area contributed by atoms with E-state index in [2.05, 4.69) is 10.6 Å². The molecule has 5 nitrogen and oxygen atoms in total. The van der Waals surface area contributed by atoms with E-state index in [4.69, 9.17) is 4.74 Å². The zero-order chi connectivity index (χ0) is 16.4. The van der Waals surface area contributed by atoms with Crippen molar-refractivity contribution in [2.75, 3.05) is 10.6 Å². The maximum atomic E-state index is 13.5. The van der Waals surface area contributed by atoms with E-state index in [1.165, 1.54) is 6.07 Å². The zero-order valence-corrected chi connectivity index (χ0v) is 12.4. The highest BCUT2D eigenvalue weighted by Crippen LogP contribution is 2.32. The summed E-state index contributed by atoms with van der Waals surface area (Å²) in [5.74, 6) is -0.453. The van der Waals surface area contributed by atoms with Gasteiger partial charge in [0.05, 0.1) is 12.1 Å². The van der Waals surface area contributed by atoms with Crippen molar-refractivity contribution in [1.29, 1.82) is 0 Å². The number of carbonyl (C=O) groups excluding carboxylic acids is 2. The van der Waals surface area contributed by atoms with Crippen LogP contribution in [0.15, 0.2) is 42.5 Å². The first-order chi connectivity index (χ1) is 11.0. The molecule has 2 amide bonds. The van der Waals surface area contributed by atoms with Gasteiger partial charge in [0, 0.05) is 5.69 Å². The number of halogens is 1. The van der Waals surface area contributed by atoms with Crippen LogP contribution >= 0.6 is 0 Å². The van der Waals surface area contributed by atoms with E-state index < -0.39 is 11.9 Å². The highest BCUT2D eigenvalue weighted by atomic mass is 19.1. The van der Waals surface area contributed by atoms with Gasteiger partial charge in [0.15, 0.2) is 6.10 Å². The molecule has 118 valence electrons. The fourth-order valence-electron chi connectivity index (χ4n) is 2.31. The molecule has 2 N–H and O–H groups in total. The summed E-state index contributed by atoms with van der Waals surface area (Å²) >= 11 is 0. The van der Waals surface area contributed by atoms with E-state index in [1.54, 1.807) is 43.3 Å². The Hall–Kier alpha value is -2.89. The Morgan fingerprint density at radius 3 is 2.87 bits per heavy atom. The van der Waals surface area contributed by atoms with Gasteiger partial charge in [-0.25, -0.2) is 4.39 Å². The normalized spacial score (nSPS) is 16.1. The van der Waals surface area contributed by atoms with E-state index in [0.29, 0.717) is 22.7 Å². The van der Waals surface area contributed by atoms with Crippen molar-refractivity contribution in [2.45, 2.75) is 19.4 Å². The van der Waals surface area contributed by atoms with Gasteiger partial charge in [0.1, 0.15) is 11.6 Å². The third-order valence-electron chi connectivity index (χ3n) is 3.50. The van der Waals surface area contributed by atoms with Gasteiger partial charge in [-0.05, 0) is 36.8 Å². The lowest BCUT2D eigenvalue weighted by Crippen LogP contribution is -2.34. The predicted octanol–water partition coefficient (Wildman–Crippen LogP) is 2.73. The van der Waals surface area contributed by atoms with Crippen molar-refractivity contribution >= 4 is 23.2 Å². The summed E-state index contributed by atoms with van der Waals surface area (Å²) in [6.45, 7) is 1.66. The van der Waals surface area contributed by atoms with E-state index in [1.807, 2.05) is 0 Å². The largest absolute Gasteiger partial charge is 0.479 e. The van der Waals surface area contributed by atoms with E-state index in [9.17, 15) is 14.0 Å². The van der Waals surface area contributed by atoms with Gasteiger partial charge < -0.3 is 15.4 Å². The number of carbonyl (C=O) groups is 2. The van der Waals surface area contributed by atoms with Crippen LogP contribution in [0, 0.1) is 5.82 Å². The van der Waals surface area contributed by atoms with Crippen LogP contribution in [-0.4, -0.2) is 17.9 Å². The molecular formula is C17H15FN2O3. The molecule has 0 radical (unpaired) electrons. The second-order valence-corrected chi connectivity index (χ2v) is 5.28. The number of anilines is 2. The Kier molecular flexibility index (Phi) is 3.97. The Morgan fingerprint density at radius 1 is 1.30 bits per heavy atom. The molecule has 0 saturated carbocycles. The Labute approximate surface area is 132 Å². The molecule has 1 aliphatic heterocycles. The van der Waals surface area contributed by atoms with Crippen LogP contribution in [0.5, 0.6) is 5.75 Å². The Balaban J connectivity index is 1.71. The first kappa shape index (κ1) is 15.0. The van der Waals surface area contributed by atoms with Crippen LogP contribution in [0.4, 0.5) is 15.8 Å². The quantitative estimate of drug-likeness (QED) is 0.915. The first-order valence-corrected chi connectivity index (χ1v) is 7.18. The van der Waals surface area contributed by atoms with Crippen LogP contribution in [-0.2, 0) is 16.0 Å². The molecule has 0 bridgehead atoms. The van der Waals surface area contributed by atoms with Crippen LogP contribution in [0.3, 0.4) is 0 Å². The van der Waals surface area contributed by atoms with Crippen molar-refractivity contribution in [1.82, 2.24) is 0 Å². The summed E-state index contributed by atoms with van der Waals surface area (Å²) in [6, 6.07) is 11.1. The average Bonchev–Trinajstić information content (AvgIpc) is 2.51. The van der Waals surface area contributed by atoms with E-state index >= 15 is 0 Å². The maximum absolute atomic E-state index is 13.5. The van der Waals surface area contributed by atoms with Crippen molar-refractivity contribution in [3.05, 3.63) is 53.8 Å². The Morgan fingerprint density at radius 2 is 2.09 bits per heavy atom. The molecule has 0 fully saturated rings. The van der Waals surface area contributed by atoms with Crippen molar-refractivity contribution < 1.29 is 18.7 Å². The number of hydrogen-bond donors (Lipinski definition) is 2. The fourth-order valence-corrected chi connectivity index (χ4v) is 2.31. The summed E-state index contributed by atoms with van der Waals surface area (Å²) in [4.78, 5) is 23.6. The Bertz CT molecular complexity index is 776. The highest BCUT2D eigenvalue weighted by molar-refractivity contribution is 5.99. The van der Waals surface area contributed by atoms with E-state index in [-0.39, 0.29) is 18.2 Å². The molecule has 2 aromatic carbocycles. The number of benzene rings is 2. The third-order valence-corrected chi connectivity index (χ3v) is 3.50. The van der Waals surface area contributed by atoms with Crippen molar-refractivity contribution in [2.24, 2.45) is 0 Å². The van der Waals surface area contributed by atoms with Gasteiger partial charge in [0.25, 0.3) is 5.91 Å². The number of ether oxygens (including phenoxy) is 1. The molecule has 0 aromatic heterocycles. The molecule has 23 heavy (non-hydrogen) atoms. The molecule has 1 heterocycles. The van der Waals surface area contributed by atoms with Crippen LogP contribution in [0.1, 0.15) is 12.5 Å². The lowest BCUT2D eigenvalue weighted by Gasteiger charge is -2.23. The van der Waals surface area contributed by atoms with E-state index in [0.717, 1.165) is 0 Å². The number of rotatable bonds is 3. The van der Waals surface area contributed by atoms with Gasteiger partial charge in [-0.15, -0.1) is 0 Å². The molecule has 3 rings (SSSR count). The standard InChI is InChI=1S/C17H15FN2O3/c1-10-17(22)20-14-9-12(6-7-15(14)23-10)19-16(21)8-11-4-2-3-5-13(11)18/h2-7,9-10H,8H2,1H3,(H,19,21)(H,20,22). The first-order valence-electron chi connectivity index (χ1n) is 7.18. The number of fused-ring (bicyclic) bond motifs is 1. The van der Waals surface area contributed by atoms with Crippen LogP contribution in [0.25, 0.3) is 0 Å². The maximum Gasteiger partial charge on any atom is 0.265 e. The fraction of sp³-hybridized carbons (Fsp3) is 0.176. The highest BCUT2D eigenvalue weighted by Gasteiger charge is 2.23. The molecule has 6 heteroatoms. The lowest BCUT2D eigenvalue weighted by atomic mass is 10.1. The minimum Gasteiger partial charge on any atom is -0.479 e. The van der Waals surface area contributed by atoms with Crippen molar-refractivity contribution in [3.8, 4) is 5.75 Å². The summed E-state index contributed by atoms with van der Waals surface area (Å²) in [7, 11) is 0. The topological polar surface area (TPSA) is 67.4 Å². The van der Waals surface area contributed by atoms with Gasteiger partial charge >= 0.3 is 0 Å². The van der Waals surface area contributed by atoms with Crippen molar-refractivity contribution in [3.63, 3.8) is 0 Å². The van der Waals surface area contributed by atoms with Gasteiger partial charge in [0.2, 0.25) is 5.91 Å². The summed E-state index contributed by atoms with van der Waals surface area (Å²) in [5.41, 5.74) is 1.33. The molecule has 0 spiro atoms. The summed E-state index contributed by atoms with van der Waals surface area (Å²) in [6.07, 6.45) is -0.618. The molecule has 1 unspecified atom stereocenters. The second kappa shape index (κ2) is 6.08. The molecular weight excluding hydrogens is 299 g/mol. The van der Waals surface area contributed by atoms with Crippen LogP contribution < -0.4 is 15.4 Å². The third kappa shape index (κ3) is 3.31. The van der Waals surface area contributed by atoms with Gasteiger partial charge in [-0.3, -0.25) is 9.59 Å². The number of hydrogen-bond acceptors (Lipinski definition) is 3. The molecule has 1 atom stereocenters.